The molecule has 0 saturated heterocycles. The first-order valence-corrected chi connectivity index (χ1v) is 4.23. The molecule has 0 bridgehead atoms. The largest absolute Gasteiger partial charge is 0.378 e. The van der Waals surface area contributed by atoms with Crippen molar-refractivity contribution in [2.75, 3.05) is 6.61 Å². The van der Waals surface area contributed by atoms with E-state index in [4.69, 9.17) is 4.74 Å². The second kappa shape index (κ2) is 6.35. The fourth-order valence-corrected chi connectivity index (χ4v) is 0.628. The predicted octanol–water partition coefficient (Wildman–Crippen LogP) is 2.03. The number of carbonyl (C=O) groups is 1. The van der Waals surface area contributed by atoms with Crippen LogP contribution < -0.4 is 0 Å². The average Bonchev–Trinajstić information content (AvgIpc) is 1.97. The Labute approximate surface area is 68.9 Å². The number of hydrogen-bond acceptors (Lipinski definition) is 2. The Hall–Kier alpha value is -0.370. The lowest BCUT2D eigenvalue weighted by Gasteiger charge is -2.15. The average molecular weight is 158 g/mol. The van der Waals surface area contributed by atoms with Gasteiger partial charge in [0.15, 0.2) is 0 Å². The van der Waals surface area contributed by atoms with Crippen molar-refractivity contribution in [3.63, 3.8) is 0 Å². The van der Waals surface area contributed by atoms with Crippen LogP contribution in [0, 0.1) is 5.92 Å². The number of carbonyl (C=O) groups excluding carboxylic acids is 1. The quantitative estimate of drug-likeness (QED) is 0.436. The Morgan fingerprint density at radius 2 is 2.00 bits per heavy atom. The molecule has 0 aliphatic carbocycles. The summed E-state index contributed by atoms with van der Waals surface area (Å²) < 4.78 is 5.45. The Balaban J connectivity index is 3.17. The van der Waals surface area contributed by atoms with E-state index in [1.54, 1.807) is 0 Å². The molecule has 0 unspecified atom stereocenters. The van der Waals surface area contributed by atoms with E-state index in [2.05, 4.69) is 20.8 Å². The van der Waals surface area contributed by atoms with Crippen LogP contribution in [0.3, 0.4) is 0 Å². The Kier molecular flexibility index (Phi) is 6.13. The molecule has 2 nitrogen and oxygen atoms in total. The molecular weight excluding hydrogens is 140 g/mol. The zero-order valence-electron chi connectivity index (χ0n) is 7.67. The lowest BCUT2D eigenvalue weighted by Crippen LogP contribution is -2.15. The molecule has 0 heterocycles. The van der Waals surface area contributed by atoms with Crippen LogP contribution >= 0.6 is 0 Å². The molecule has 0 rings (SSSR count). The van der Waals surface area contributed by atoms with Gasteiger partial charge in [0.1, 0.15) is 6.29 Å². The van der Waals surface area contributed by atoms with Gasteiger partial charge in [0.25, 0.3) is 0 Å². The molecule has 0 radical (unpaired) electrons. The molecule has 0 N–H and O–H groups in total. The van der Waals surface area contributed by atoms with Gasteiger partial charge in [-0.25, -0.2) is 0 Å². The highest BCUT2D eigenvalue weighted by atomic mass is 16.5. The van der Waals surface area contributed by atoms with E-state index in [0.717, 1.165) is 12.7 Å². The topological polar surface area (TPSA) is 26.3 Å². The van der Waals surface area contributed by atoms with Crippen LogP contribution in [-0.2, 0) is 9.53 Å². The summed E-state index contributed by atoms with van der Waals surface area (Å²) in [7, 11) is 0. The highest BCUT2D eigenvalue weighted by Gasteiger charge is 2.05. The lowest BCUT2D eigenvalue weighted by atomic mass is 10.1. The summed E-state index contributed by atoms with van der Waals surface area (Å²) in [6.45, 7) is 7.03. The van der Waals surface area contributed by atoms with Gasteiger partial charge in [-0.05, 0) is 19.3 Å². The van der Waals surface area contributed by atoms with Crippen molar-refractivity contribution in [1.29, 1.82) is 0 Å². The first-order chi connectivity index (χ1) is 5.18. The summed E-state index contributed by atoms with van der Waals surface area (Å²) in [4.78, 5) is 9.93. The smallest absolute Gasteiger partial charge is 0.120 e. The number of ether oxygens (including phenoxy) is 1. The van der Waals surface area contributed by atoms with Gasteiger partial charge in [-0.3, -0.25) is 0 Å². The van der Waals surface area contributed by atoms with Gasteiger partial charge in [0.2, 0.25) is 0 Å². The van der Waals surface area contributed by atoms with Crippen LogP contribution in [0.5, 0.6) is 0 Å². The molecule has 0 aliphatic heterocycles. The summed E-state index contributed by atoms with van der Waals surface area (Å²) in [5.41, 5.74) is 0. The van der Waals surface area contributed by atoms with Gasteiger partial charge in [-0.2, -0.15) is 0 Å². The second-order valence-corrected chi connectivity index (χ2v) is 3.13. The minimum absolute atomic E-state index is 0.307. The number of hydrogen-bond donors (Lipinski definition) is 0. The predicted molar refractivity (Wildman–Crippen MR) is 45.6 cm³/mol. The first kappa shape index (κ1) is 10.6. The van der Waals surface area contributed by atoms with Gasteiger partial charge in [0, 0.05) is 13.0 Å². The molecule has 0 amide bonds. The molecule has 2 heteroatoms. The Morgan fingerprint density at radius 3 is 2.45 bits per heavy atom. The van der Waals surface area contributed by atoms with Gasteiger partial charge >= 0.3 is 0 Å². The molecule has 0 aromatic carbocycles. The zero-order chi connectivity index (χ0) is 8.69. The lowest BCUT2D eigenvalue weighted by molar-refractivity contribution is -0.108. The van der Waals surface area contributed by atoms with Crippen molar-refractivity contribution in [2.24, 2.45) is 5.92 Å². The molecule has 0 aliphatic rings. The number of unbranched alkanes of at least 4 members (excludes halogenated alkanes) is 1. The van der Waals surface area contributed by atoms with Crippen LogP contribution in [0.15, 0.2) is 0 Å². The van der Waals surface area contributed by atoms with E-state index in [9.17, 15) is 4.79 Å². The van der Waals surface area contributed by atoms with E-state index < -0.39 is 0 Å². The molecule has 0 fully saturated rings. The number of rotatable bonds is 6. The standard InChI is InChI=1S/C9H18O2/c1-8(2)9(3)11-7-5-4-6-10/h6,8-9H,4-5,7H2,1-3H3/t9-/m1/s1. The van der Waals surface area contributed by atoms with E-state index in [-0.39, 0.29) is 0 Å². The van der Waals surface area contributed by atoms with Crippen molar-refractivity contribution in [1.82, 2.24) is 0 Å². The molecule has 66 valence electrons. The molecular formula is C9H18O2. The zero-order valence-corrected chi connectivity index (χ0v) is 7.67. The highest BCUT2D eigenvalue weighted by Crippen LogP contribution is 2.05. The Bertz CT molecular complexity index is 99.7. The SMILES string of the molecule is CC(C)[C@@H](C)OCCCC=O. The van der Waals surface area contributed by atoms with Crippen molar-refractivity contribution >= 4 is 6.29 Å². The van der Waals surface area contributed by atoms with Crippen LogP contribution in [0.1, 0.15) is 33.6 Å². The highest BCUT2D eigenvalue weighted by molar-refractivity contribution is 5.48. The van der Waals surface area contributed by atoms with E-state index in [0.29, 0.717) is 25.0 Å². The second-order valence-electron chi connectivity index (χ2n) is 3.13. The maximum atomic E-state index is 9.93. The van der Waals surface area contributed by atoms with Gasteiger partial charge in [0.05, 0.1) is 6.10 Å². The summed E-state index contributed by atoms with van der Waals surface area (Å²) in [5, 5.41) is 0. The molecule has 11 heavy (non-hydrogen) atoms. The van der Waals surface area contributed by atoms with Crippen LogP contribution in [0.25, 0.3) is 0 Å². The third-order valence-corrected chi connectivity index (χ3v) is 1.79. The Morgan fingerprint density at radius 1 is 1.36 bits per heavy atom. The summed E-state index contributed by atoms with van der Waals surface area (Å²) in [6.07, 6.45) is 2.70. The first-order valence-electron chi connectivity index (χ1n) is 4.23. The monoisotopic (exact) mass is 158 g/mol. The van der Waals surface area contributed by atoms with E-state index in [1.165, 1.54) is 0 Å². The summed E-state index contributed by atoms with van der Waals surface area (Å²) in [5.74, 6) is 0.561. The fraction of sp³-hybridized carbons (Fsp3) is 0.889. The van der Waals surface area contributed by atoms with Crippen molar-refractivity contribution in [2.45, 2.75) is 39.7 Å². The third-order valence-electron chi connectivity index (χ3n) is 1.79. The van der Waals surface area contributed by atoms with Gasteiger partial charge < -0.3 is 9.53 Å². The normalized spacial score (nSPS) is 13.5. The maximum absolute atomic E-state index is 9.93. The van der Waals surface area contributed by atoms with E-state index in [1.807, 2.05) is 0 Å². The molecule has 1 atom stereocenters. The van der Waals surface area contributed by atoms with Crippen LogP contribution in [0.2, 0.25) is 0 Å². The molecule has 0 aromatic rings. The summed E-state index contributed by atoms with van der Waals surface area (Å²) >= 11 is 0. The fourth-order valence-electron chi connectivity index (χ4n) is 0.628. The van der Waals surface area contributed by atoms with Crippen molar-refractivity contribution in [3.05, 3.63) is 0 Å². The molecule has 0 saturated carbocycles. The van der Waals surface area contributed by atoms with Gasteiger partial charge in [-0.15, -0.1) is 0 Å². The van der Waals surface area contributed by atoms with Crippen LogP contribution in [0.4, 0.5) is 0 Å². The van der Waals surface area contributed by atoms with Crippen molar-refractivity contribution in [3.8, 4) is 0 Å². The minimum atomic E-state index is 0.307. The van der Waals surface area contributed by atoms with Gasteiger partial charge in [-0.1, -0.05) is 13.8 Å². The molecule has 0 spiro atoms. The summed E-state index contributed by atoms with van der Waals surface area (Å²) in [6, 6.07) is 0. The molecule has 0 aromatic heterocycles. The maximum Gasteiger partial charge on any atom is 0.120 e. The van der Waals surface area contributed by atoms with E-state index >= 15 is 0 Å². The minimum Gasteiger partial charge on any atom is -0.378 e. The number of aldehydes is 1. The third kappa shape index (κ3) is 6.05. The van der Waals surface area contributed by atoms with Crippen molar-refractivity contribution < 1.29 is 9.53 Å². The van der Waals surface area contributed by atoms with Crippen LogP contribution in [-0.4, -0.2) is 19.0 Å².